The Morgan fingerprint density at radius 1 is 1.00 bits per heavy atom. The van der Waals surface area contributed by atoms with Crippen LogP contribution >= 0.6 is 11.6 Å². The van der Waals surface area contributed by atoms with Crippen molar-refractivity contribution in [3.05, 3.63) is 99.9 Å². The first-order valence-electron chi connectivity index (χ1n) is 9.56. The van der Waals surface area contributed by atoms with Crippen LogP contribution in [0.15, 0.2) is 98.2 Å². The van der Waals surface area contributed by atoms with Gasteiger partial charge in [-0.2, -0.15) is 0 Å². The van der Waals surface area contributed by atoms with Crippen LogP contribution in [0.4, 0.5) is 16.2 Å². The molecule has 0 atom stereocenters. The normalized spacial score (nSPS) is 11.5. The smallest absolute Gasteiger partial charge is 0.333 e. The number of sulfonamides is 1. The molecule has 0 aliphatic carbocycles. The summed E-state index contributed by atoms with van der Waals surface area (Å²) in [6.45, 7) is 0. The Morgan fingerprint density at radius 3 is 2.45 bits per heavy atom. The van der Waals surface area contributed by atoms with Crippen molar-refractivity contribution in [3.63, 3.8) is 0 Å². The predicted octanol–water partition coefficient (Wildman–Crippen LogP) is 4.71. The molecule has 0 spiro atoms. The summed E-state index contributed by atoms with van der Waals surface area (Å²) in [4.78, 5) is 28.7. The fourth-order valence-electron chi connectivity index (χ4n) is 2.92. The number of nitrogens with one attached hydrogen (secondary N) is 2. The third-order valence-electron chi connectivity index (χ3n) is 4.52. The molecule has 4 aromatic rings. The molecular weight excluding hydrogens is 466 g/mol. The lowest BCUT2D eigenvalue weighted by Crippen LogP contribution is -2.34. The van der Waals surface area contributed by atoms with E-state index in [-0.39, 0.29) is 15.9 Å². The average molecular weight is 482 g/mol. The van der Waals surface area contributed by atoms with Crippen molar-refractivity contribution >= 4 is 56.2 Å². The molecule has 1 heterocycles. The molecule has 0 fully saturated rings. The molecule has 2 N–H and O–H groups in total. The van der Waals surface area contributed by atoms with E-state index in [1.165, 1.54) is 42.8 Å². The van der Waals surface area contributed by atoms with E-state index in [4.69, 9.17) is 16.0 Å². The minimum atomic E-state index is -4.09. The Balaban J connectivity index is 1.48. The summed E-state index contributed by atoms with van der Waals surface area (Å²) in [5.41, 5.74) is 1.17. The van der Waals surface area contributed by atoms with E-state index < -0.39 is 16.1 Å². The summed E-state index contributed by atoms with van der Waals surface area (Å²) in [6.07, 6.45) is 2.61. The third-order valence-corrected chi connectivity index (χ3v) is 6.10. The van der Waals surface area contributed by atoms with Gasteiger partial charge >= 0.3 is 6.03 Å². The molecule has 0 saturated carbocycles. The van der Waals surface area contributed by atoms with Crippen LogP contribution in [0, 0.1) is 0 Å². The van der Waals surface area contributed by atoms with E-state index in [0.717, 1.165) is 0 Å². The van der Waals surface area contributed by atoms with Gasteiger partial charge in [-0.15, -0.1) is 0 Å². The molecular formula is C23H16ClN3O5S. The number of carbonyl (C=O) groups is 1. The second-order valence-electron chi connectivity index (χ2n) is 6.84. The fourth-order valence-corrected chi connectivity index (χ4v) is 4.00. The minimum absolute atomic E-state index is 0.121. The van der Waals surface area contributed by atoms with E-state index in [9.17, 15) is 18.0 Å². The maximum atomic E-state index is 12.6. The maximum Gasteiger partial charge on any atom is 0.333 e. The Bertz CT molecular complexity index is 1520. The van der Waals surface area contributed by atoms with Crippen LogP contribution in [-0.4, -0.2) is 20.7 Å². The summed E-state index contributed by atoms with van der Waals surface area (Å²) in [6, 6.07) is 17.8. The lowest BCUT2D eigenvalue weighted by Gasteiger charge is -2.08. The molecule has 0 aliphatic rings. The van der Waals surface area contributed by atoms with Crippen LogP contribution in [0.2, 0.25) is 5.02 Å². The van der Waals surface area contributed by atoms with Crippen LogP contribution in [0.1, 0.15) is 5.56 Å². The molecule has 8 nitrogen and oxygen atoms in total. The highest BCUT2D eigenvalue weighted by atomic mass is 35.5. The SMILES string of the molecule is O=C(Nc1ccccc1)NS(=O)(=O)c1ccc(N=Cc2coc3ccc(Cl)cc3c2=O)cc1. The van der Waals surface area contributed by atoms with Crippen molar-refractivity contribution in [2.24, 2.45) is 4.99 Å². The van der Waals surface area contributed by atoms with Gasteiger partial charge in [0.15, 0.2) is 0 Å². The van der Waals surface area contributed by atoms with Crippen LogP contribution in [0.25, 0.3) is 11.0 Å². The lowest BCUT2D eigenvalue weighted by atomic mass is 10.2. The molecule has 0 bridgehead atoms. The number of nitrogens with zero attached hydrogens (tertiary/aromatic N) is 1. The van der Waals surface area contributed by atoms with Gasteiger partial charge in [-0.3, -0.25) is 9.79 Å². The zero-order valence-electron chi connectivity index (χ0n) is 16.9. The summed E-state index contributed by atoms with van der Waals surface area (Å²) < 4.78 is 32.3. The monoisotopic (exact) mass is 481 g/mol. The van der Waals surface area contributed by atoms with E-state index >= 15 is 0 Å². The minimum Gasteiger partial charge on any atom is -0.463 e. The number of hydrogen-bond donors (Lipinski definition) is 2. The standard InChI is InChI=1S/C23H16ClN3O5S/c24-16-6-11-21-20(12-16)22(28)15(14-32-21)13-25-17-7-9-19(10-8-17)33(30,31)27-23(29)26-18-4-2-1-3-5-18/h1-14H,(H2,26,27,29). The zero-order valence-corrected chi connectivity index (χ0v) is 18.4. The number of amides is 2. The summed E-state index contributed by atoms with van der Waals surface area (Å²) >= 11 is 5.95. The number of para-hydroxylation sites is 1. The number of urea groups is 1. The number of rotatable bonds is 5. The van der Waals surface area contributed by atoms with Crippen molar-refractivity contribution in [3.8, 4) is 0 Å². The first-order chi connectivity index (χ1) is 15.8. The molecule has 33 heavy (non-hydrogen) atoms. The van der Waals surface area contributed by atoms with Crippen LogP contribution < -0.4 is 15.5 Å². The van der Waals surface area contributed by atoms with Gasteiger partial charge in [-0.25, -0.2) is 17.9 Å². The number of halogens is 1. The molecule has 0 saturated heterocycles. The maximum absolute atomic E-state index is 12.6. The van der Waals surface area contributed by atoms with E-state index in [1.54, 1.807) is 42.5 Å². The van der Waals surface area contributed by atoms with Crippen molar-refractivity contribution in [1.82, 2.24) is 4.72 Å². The molecule has 2 amide bonds. The highest BCUT2D eigenvalue weighted by molar-refractivity contribution is 7.90. The van der Waals surface area contributed by atoms with Crippen molar-refractivity contribution < 1.29 is 17.6 Å². The van der Waals surface area contributed by atoms with Crippen molar-refractivity contribution in [2.45, 2.75) is 4.90 Å². The predicted molar refractivity (Wildman–Crippen MR) is 127 cm³/mol. The average Bonchev–Trinajstić information content (AvgIpc) is 2.79. The summed E-state index contributed by atoms with van der Waals surface area (Å²) in [5, 5.41) is 3.18. The molecule has 10 heteroatoms. The van der Waals surface area contributed by atoms with Crippen LogP contribution in [-0.2, 0) is 10.0 Å². The lowest BCUT2D eigenvalue weighted by molar-refractivity contribution is 0.256. The first-order valence-corrected chi connectivity index (χ1v) is 11.4. The Hall–Kier alpha value is -3.95. The second-order valence-corrected chi connectivity index (χ2v) is 8.96. The molecule has 166 valence electrons. The number of benzene rings is 3. The Labute approximate surface area is 193 Å². The summed E-state index contributed by atoms with van der Waals surface area (Å²) in [7, 11) is -4.09. The van der Waals surface area contributed by atoms with Crippen LogP contribution in [0.5, 0.6) is 0 Å². The molecule has 1 aromatic heterocycles. The number of carbonyl (C=O) groups excluding carboxylic acids is 1. The molecule has 0 aliphatic heterocycles. The van der Waals surface area contributed by atoms with Gasteiger partial charge < -0.3 is 9.73 Å². The second kappa shape index (κ2) is 9.27. The Kier molecular flexibility index (Phi) is 6.25. The van der Waals surface area contributed by atoms with Gasteiger partial charge in [-0.05, 0) is 54.6 Å². The van der Waals surface area contributed by atoms with Crippen LogP contribution in [0.3, 0.4) is 0 Å². The summed E-state index contributed by atoms with van der Waals surface area (Å²) in [5.74, 6) is 0. The van der Waals surface area contributed by atoms with Gasteiger partial charge in [0, 0.05) is 16.9 Å². The molecule has 0 radical (unpaired) electrons. The van der Waals surface area contributed by atoms with Gasteiger partial charge in [0.2, 0.25) is 5.43 Å². The number of hydrogen-bond acceptors (Lipinski definition) is 6. The zero-order chi connectivity index (χ0) is 23.4. The number of anilines is 1. The first kappa shape index (κ1) is 22.3. The molecule has 3 aromatic carbocycles. The van der Waals surface area contributed by atoms with Gasteiger partial charge in [0.1, 0.15) is 11.8 Å². The molecule has 0 unspecified atom stereocenters. The van der Waals surface area contributed by atoms with Gasteiger partial charge in [0.05, 0.1) is 21.5 Å². The van der Waals surface area contributed by atoms with Gasteiger partial charge in [0.25, 0.3) is 10.0 Å². The largest absolute Gasteiger partial charge is 0.463 e. The topological polar surface area (TPSA) is 118 Å². The number of aliphatic imine (C=N–C) groups is 1. The number of fused-ring (bicyclic) bond motifs is 1. The van der Waals surface area contributed by atoms with E-state index in [2.05, 4.69) is 10.3 Å². The van der Waals surface area contributed by atoms with Gasteiger partial charge in [-0.1, -0.05) is 29.8 Å². The fraction of sp³-hybridized carbons (Fsp3) is 0. The van der Waals surface area contributed by atoms with E-state index in [0.29, 0.717) is 27.4 Å². The van der Waals surface area contributed by atoms with E-state index in [1.807, 2.05) is 4.72 Å². The van der Waals surface area contributed by atoms with Crippen molar-refractivity contribution in [2.75, 3.05) is 5.32 Å². The third kappa shape index (κ3) is 5.28. The Morgan fingerprint density at radius 2 is 1.73 bits per heavy atom. The molecule has 4 rings (SSSR count). The quantitative estimate of drug-likeness (QED) is 0.400. The van der Waals surface area contributed by atoms with Crippen molar-refractivity contribution in [1.29, 1.82) is 0 Å². The highest BCUT2D eigenvalue weighted by Gasteiger charge is 2.17. The highest BCUT2D eigenvalue weighted by Crippen LogP contribution is 2.19.